The summed E-state index contributed by atoms with van der Waals surface area (Å²) in [7, 11) is -0.445. The van der Waals surface area contributed by atoms with Crippen LogP contribution in [0.5, 0.6) is 0 Å². The van der Waals surface area contributed by atoms with Gasteiger partial charge in [-0.25, -0.2) is 13.1 Å². The van der Waals surface area contributed by atoms with Gasteiger partial charge in [0.05, 0.1) is 0 Å². The predicted octanol–water partition coefficient (Wildman–Crippen LogP) is -1.43. The molecule has 22 heavy (non-hydrogen) atoms. The van der Waals surface area contributed by atoms with Gasteiger partial charge >= 0.3 is 0 Å². The molecule has 0 aliphatic carbocycles. The molecule has 0 saturated carbocycles. The number of nitrogens with one attached hydrogen (secondary N) is 3. The van der Waals surface area contributed by atoms with E-state index < -0.39 is 10.0 Å². The molecular formula is C13H23N5O3S. The van der Waals surface area contributed by atoms with Crippen molar-refractivity contribution in [1.82, 2.24) is 24.8 Å². The molecule has 2 heterocycles. The summed E-state index contributed by atoms with van der Waals surface area (Å²) >= 11 is 0. The number of sulfonamides is 1. The van der Waals surface area contributed by atoms with Crippen LogP contribution < -0.4 is 15.4 Å². The van der Waals surface area contributed by atoms with Crippen LogP contribution in [-0.4, -0.2) is 70.1 Å². The lowest BCUT2D eigenvalue weighted by atomic mass is 10.3. The van der Waals surface area contributed by atoms with Crippen LogP contribution in [0.1, 0.15) is 10.5 Å². The van der Waals surface area contributed by atoms with Gasteiger partial charge in [-0.15, -0.1) is 0 Å². The first-order valence-corrected chi connectivity index (χ1v) is 8.73. The number of aromatic nitrogens is 1. The molecule has 0 aromatic carbocycles. The van der Waals surface area contributed by atoms with Crippen molar-refractivity contribution in [2.75, 3.05) is 46.3 Å². The first-order valence-electron chi connectivity index (χ1n) is 7.25. The third kappa shape index (κ3) is 4.07. The van der Waals surface area contributed by atoms with Crippen LogP contribution in [-0.2, 0) is 17.1 Å². The van der Waals surface area contributed by atoms with Crippen molar-refractivity contribution >= 4 is 15.9 Å². The molecule has 9 heteroatoms. The number of carbonyl (C=O) groups excluding carboxylic acids is 1. The molecule has 1 fully saturated rings. The third-order valence-corrected chi connectivity index (χ3v) is 5.11. The normalized spacial score (nSPS) is 16.6. The van der Waals surface area contributed by atoms with Gasteiger partial charge in [-0.05, 0) is 6.07 Å². The molecule has 124 valence electrons. The molecule has 1 amide bonds. The molecule has 1 aliphatic heterocycles. The molecule has 1 aromatic rings. The summed E-state index contributed by atoms with van der Waals surface area (Å²) in [6, 6.07) is 1.38. The summed E-state index contributed by atoms with van der Waals surface area (Å²) in [6.07, 6.45) is 1.44. The van der Waals surface area contributed by atoms with Crippen LogP contribution in [0.15, 0.2) is 17.2 Å². The number of piperazine rings is 1. The van der Waals surface area contributed by atoms with Crippen LogP contribution in [0.2, 0.25) is 0 Å². The zero-order valence-corrected chi connectivity index (χ0v) is 13.7. The van der Waals surface area contributed by atoms with Crippen molar-refractivity contribution in [3.63, 3.8) is 0 Å². The Labute approximate surface area is 130 Å². The van der Waals surface area contributed by atoms with E-state index in [4.69, 9.17) is 0 Å². The summed E-state index contributed by atoms with van der Waals surface area (Å²) in [4.78, 5) is 13.9. The summed E-state index contributed by atoms with van der Waals surface area (Å²) in [5.74, 6) is -0.315. The minimum absolute atomic E-state index is 0.105. The second-order valence-corrected chi connectivity index (χ2v) is 7.01. The molecule has 0 spiro atoms. The SMILES string of the molecule is CNC(=O)c1cc(S(=O)(=O)NCCN2CCNCC2)cn1C. The van der Waals surface area contributed by atoms with E-state index in [0.717, 1.165) is 26.2 Å². The van der Waals surface area contributed by atoms with Crippen LogP contribution in [0.25, 0.3) is 0 Å². The molecule has 3 N–H and O–H groups in total. The van der Waals surface area contributed by atoms with E-state index in [9.17, 15) is 13.2 Å². The van der Waals surface area contributed by atoms with E-state index >= 15 is 0 Å². The van der Waals surface area contributed by atoms with Crippen molar-refractivity contribution in [2.24, 2.45) is 7.05 Å². The maximum atomic E-state index is 12.3. The maximum absolute atomic E-state index is 12.3. The minimum Gasteiger partial charge on any atom is -0.354 e. The maximum Gasteiger partial charge on any atom is 0.267 e. The van der Waals surface area contributed by atoms with Gasteiger partial charge in [0.25, 0.3) is 5.91 Å². The summed E-state index contributed by atoms with van der Waals surface area (Å²) < 4.78 is 28.6. The topological polar surface area (TPSA) is 95.5 Å². The van der Waals surface area contributed by atoms with Crippen molar-refractivity contribution in [3.8, 4) is 0 Å². The highest BCUT2D eigenvalue weighted by molar-refractivity contribution is 7.89. The van der Waals surface area contributed by atoms with Gasteiger partial charge in [-0.3, -0.25) is 9.69 Å². The Kier molecular flexibility index (Phi) is 5.57. The third-order valence-electron chi connectivity index (χ3n) is 3.68. The number of hydrogen-bond donors (Lipinski definition) is 3. The first kappa shape index (κ1) is 16.9. The van der Waals surface area contributed by atoms with Crippen molar-refractivity contribution in [2.45, 2.75) is 4.90 Å². The zero-order chi connectivity index (χ0) is 16.2. The molecule has 0 bridgehead atoms. The first-order chi connectivity index (χ1) is 10.4. The number of hydrogen-bond acceptors (Lipinski definition) is 5. The second-order valence-electron chi connectivity index (χ2n) is 5.24. The van der Waals surface area contributed by atoms with Gasteiger partial charge in [-0.2, -0.15) is 0 Å². The quantitative estimate of drug-likeness (QED) is 0.595. The van der Waals surface area contributed by atoms with Crippen molar-refractivity contribution in [1.29, 1.82) is 0 Å². The van der Waals surface area contributed by atoms with Crippen molar-refractivity contribution < 1.29 is 13.2 Å². The largest absolute Gasteiger partial charge is 0.354 e. The number of carbonyl (C=O) groups is 1. The van der Waals surface area contributed by atoms with Crippen LogP contribution in [0.3, 0.4) is 0 Å². The van der Waals surface area contributed by atoms with E-state index in [0.29, 0.717) is 18.8 Å². The smallest absolute Gasteiger partial charge is 0.267 e. The minimum atomic E-state index is -3.60. The molecule has 1 saturated heterocycles. The average molecular weight is 329 g/mol. The lowest BCUT2D eigenvalue weighted by Gasteiger charge is -2.26. The highest BCUT2D eigenvalue weighted by atomic mass is 32.2. The van der Waals surface area contributed by atoms with E-state index in [1.807, 2.05) is 0 Å². The zero-order valence-electron chi connectivity index (χ0n) is 12.9. The fourth-order valence-corrected chi connectivity index (χ4v) is 3.48. The Hall–Kier alpha value is -1.42. The highest BCUT2D eigenvalue weighted by Gasteiger charge is 2.20. The molecule has 8 nitrogen and oxygen atoms in total. The van der Waals surface area contributed by atoms with Gasteiger partial charge in [0.1, 0.15) is 10.6 Å². The Balaban J connectivity index is 1.96. The molecule has 1 aromatic heterocycles. The molecule has 1 aliphatic rings. The Bertz CT molecular complexity index is 620. The van der Waals surface area contributed by atoms with Crippen molar-refractivity contribution in [3.05, 3.63) is 18.0 Å². The highest BCUT2D eigenvalue weighted by Crippen LogP contribution is 2.13. The van der Waals surface area contributed by atoms with E-state index in [1.165, 1.54) is 23.9 Å². The molecule has 0 unspecified atom stereocenters. The summed E-state index contributed by atoms with van der Waals surface area (Å²) in [5.41, 5.74) is 0.310. The summed E-state index contributed by atoms with van der Waals surface area (Å²) in [5, 5.41) is 5.74. The number of aryl methyl sites for hydroxylation is 1. The van der Waals surface area contributed by atoms with E-state index in [1.54, 1.807) is 7.05 Å². The van der Waals surface area contributed by atoms with Gasteiger partial charge in [-0.1, -0.05) is 0 Å². The monoisotopic (exact) mass is 329 g/mol. The van der Waals surface area contributed by atoms with Gasteiger partial charge in [0, 0.05) is 59.6 Å². The standard InChI is InChI=1S/C13H23N5O3S/c1-14-13(19)12-9-11(10-17(12)2)22(20,21)16-5-8-18-6-3-15-4-7-18/h9-10,15-16H,3-8H2,1-2H3,(H,14,19). The van der Waals surface area contributed by atoms with Crippen LogP contribution in [0.4, 0.5) is 0 Å². The molecular weight excluding hydrogens is 306 g/mol. The van der Waals surface area contributed by atoms with Gasteiger partial charge < -0.3 is 15.2 Å². The molecule has 0 atom stereocenters. The van der Waals surface area contributed by atoms with Gasteiger partial charge in [0.15, 0.2) is 0 Å². The average Bonchev–Trinajstić information content (AvgIpc) is 2.90. The fourth-order valence-electron chi connectivity index (χ4n) is 2.39. The lowest BCUT2D eigenvalue weighted by molar-refractivity contribution is 0.0955. The fraction of sp³-hybridized carbons (Fsp3) is 0.615. The second kappa shape index (κ2) is 7.23. The molecule has 0 radical (unpaired) electrons. The van der Waals surface area contributed by atoms with Crippen LogP contribution >= 0.6 is 0 Å². The predicted molar refractivity (Wildman–Crippen MR) is 83.3 cm³/mol. The van der Waals surface area contributed by atoms with E-state index in [-0.39, 0.29) is 10.8 Å². The summed E-state index contributed by atoms with van der Waals surface area (Å²) in [6.45, 7) is 4.74. The number of nitrogens with zero attached hydrogens (tertiary/aromatic N) is 2. The number of amides is 1. The van der Waals surface area contributed by atoms with E-state index in [2.05, 4.69) is 20.3 Å². The van der Waals surface area contributed by atoms with Crippen LogP contribution in [0, 0.1) is 0 Å². The lowest BCUT2D eigenvalue weighted by Crippen LogP contribution is -2.46. The Morgan fingerprint density at radius 3 is 2.68 bits per heavy atom. The Morgan fingerprint density at radius 2 is 2.05 bits per heavy atom. The number of rotatable bonds is 6. The van der Waals surface area contributed by atoms with Gasteiger partial charge in [0.2, 0.25) is 10.0 Å². The molecule has 2 rings (SSSR count). The Morgan fingerprint density at radius 1 is 1.36 bits per heavy atom.